The minimum absolute atomic E-state index is 0.0184. The van der Waals surface area contributed by atoms with E-state index in [1.807, 2.05) is 19.1 Å². The van der Waals surface area contributed by atoms with Crippen molar-refractivity contribution in [2.24, 2.45) is 0 Å². The maximum Gasteiger partial charge on any atom is 0.135 e. The molecule has 1 aromatic carbocycles. The van der Waals surface area contributed by atoms with Gasteiger partial charge in [-0.3, -0.25) is 4.98 Å². The monoisotopic (exact) mass is 303 g/mol. The van der Waals surface area contributed by atoms with Crippen molar-refractivity contribution in [3.63, 3.8) is 0 Å². The fourth-order valence-corrected chi connectivity index (χ4v) is 2.40. The van der Waals surface area contributed by atoms with Crippen LogP contribution in [-0.2, 0) is 11.3 Å². The van der Waals surface area contributed by atoms with Crippen LogP contribution in [0.5, 0.6) is 11.5 Å². The van der Waals surface area contributed by atoms with E-state index in [1.165, 1.54) is 11.1 Å². The molecule has 0 unspecified atom stereocenters. The Morgan fingerprint density at radius 3 is 2.43 bits per heavy atom. The van der Waals surface area contributed by atoms with Crippen LogP contribution in [0.4, 0.5) is 0 Å². The second-order valence-electron chi connectivity index (χ2n) is 6.42. The number of benzene rings is 1. The van der Waals surface area contributed by atoms with Crippen LogP contribution in [0.2, 0.25) is 0 Å². The third kappa shape index (κ3) is 3.76. The lowest BCUT2D eigenvalue weighted by atomic mass is 9.85. The van der Waals surface area contributed by atoms with Crippen LogP contribution in [0.25, 0.3) is 0 Å². The minimum Gasteiger partial charge on any atom is -0.457 e. The average molecular weight is 304 g/mol. The summed E-state index contributed by atoms with van der Waals surface area (Å²) >= 11 is 5.99. The Bertz CT molecular complexity index is 644. The molecule has 0 saturated carbocycles. The van der Waals surface area contributed by atoms with Gasteiger partial charge in [0.1, 0.15) is 11.5 Å². The quantitative estimate of drug-likeness (QED) is 0.696. The summed E-state index contributed by atoms with van der Waals surface area (Å²) < 4.78 is 6.17. The number of hydrogen-bond acceptors (Lipinski definition) is 2. The molecule has 0 amide bonds. The summed E-state index contributed by atoms with van der Waals surface area (Å²) in [6, 6.07) is 8.22. The van der Waals surface area contributed by atoms with Crippen molar-refractivity contribution < 1.29 is 4.74 Å². The molecule has 0 N–H and O–H groups in total. The van der Waals surface area contributed by atoms with Crippen LogP contribution in [0.3, 0.4) is 0 Å². The molecule has 2 aromatic rings. The Morgan fingerprint density at radius 1 is 1.10 bits per heavy atom. The fraction of sp³-hybridized carbons (Fsp3) is 0.389. The number of halogens is 1. The minimum atomic E-state index is 0.0184. The second kappa shape index (κ2) is 6.07. The number of alkyl halides is 1. The molecule has 0 aliphatic heterocycles. The number of ether oxygens (including phenoxy) is 1. The van der Waals surface area contributed by atoms with Crippen molar-refractivity contribution in [3.8, 4) is 11.5 Å². The van der Waals surface area contributed by atoms with Crippen molar-refractivity contribution in [3.05, 3.63) is 52.8 Å². The molecule has 0 spiro atoms. The zero-order valence-electron chi connectivity index (χ0n) is 13.3. The van der Waals surface area contributed by atoms with Gasteiger partial charge in [0.15, 0.2) is 0 Å². The predicted octanol–water partition coefficient (Wildman–Crippen LogP) is 5.53. The van der Waals surface area contributed by atoms with Crippen molar-refractivity contribution in [2.45, 2.75) is 45.9 Å². The third-order valence-corrected chi connectivity index (χ3v) is 3.68. The number of nitrogens with zero attached hydrogens (tertiary/aromatic N) is 1. The van der Waals surface area contributed by atoms with Gasteiger partial charge in [-0.15, -0.1) is 11.6 Å². The van der Waals surface area contributed by atoms with Gasteiger partial charge >= 0.3 is 0 Å². The lowest BCUT2D eigenvalue weighted by Gasteiger charge is -2.23. The Labute approximate surface area is 132 Å². The van der Waals surface area contributed by atoms with Gasteiger partial charge in [-0.2, -0.15) is 0 Å². The first-order valence-corrected chi connectivity index (χ1v) is 7.65. The molecule has 2 rings (SSSR count). The molecule has 0 bridgehead atoms. The predicted molar refractivity (Wildman–Crippen MR) is 88.5 cm³/mol. The zero-order chi connectivity index (χ0) is 15.6. The van der Waals surface area contributed by atoms with Crippen LogP contribution in [0.1, 0.15) is 43.2 Å². The zero-order valence-corrected chi connectivity index (χ0v) is 14.1. The number of aromatic nitrogens is 1. The van der Waals surface area contributed by atoms with Gasteiger partial charge in [0.25, 0.3) is 0 Å². The molecular weight excluding hydrogens is 282 g/mol. The molecule has 0 fully saturated rings. The molecule has 0 radical (unpaired) electrons. The smallest absolute Gasteiger partial charge is 0.135 e. The summed E-state index contributed by atoms with van der Waals surface area (Å²) in [5.41, 5.74) is 4.27. The van der Waals surface area contributed by atoms with Gasteiger partial charge in [0.05, 0.1) is 5.88 Å². The number of pyridine rings is 1. The van der Waals surface area contributed by atoms with Crippen molar-refractivity contribution in [2.75, 3.05) is 0 Å². The highest BCUT2D eigenvalue weighted by Crippen LogP contribution is 2.36. The normalized spacial score (nSPS) is 11.5. The summed E-state index contributed by atoms with van der Waals surface area (Å²) in [6.07, 6.45) is 1.78. The molecule has 0 aliphatic carbocycles. The second-order valence-corrected chi connectivity index (χ2v) is 6.69. The molecule has 0 atom stereocenters. The summed E-state index contributed by atoms with van der Waals surface area (Å²) in [4.78, 5) is 4.27. The van der Waals surface area contributed by atoms with Gasteiger partial charge < -0.3 is 4.74 Å². The van der Waals surface area contributed by atoms with E-state index in [0.29, 0.717) is 5.88 Å². The highest BCUT2D eigenvalue weighted by atomic mass is 35.5. The first kappa shape index (κ1) is 15.8. The summed E-state index contributed by atoms with van der Waals surface area (Å²) in [6.45, 7) is 10.6. The van der Waals surface area contributed by atoms with E-state index in [-0.39, 0.29) is 5.41 Å². The topological polar surface area (TPSA) is 22.1 Å². The standard InChI is InChI=1S/C18H22ClNO/c1-12-6-7-16(15(8-12)18(3,4)5)21-17-9-13(2)20-11-14(17)10-19/h6-9,11H,10H2,1-5H3. The highest BCUT2D eigenvalue weighted by molar-refractivity contribution is 6.17. The maximum atomic E-state index is 6.17. The SMILES string of the molecule is Cc1ccc(Oc2cc(C)ncc2CCl)c(C(C)(C)C)c1. The lowest BCUT2D eigenvalue weighted by Crippen LogP contribution is -2.13. The summed E-state index contributed by atoms with van der Waals surface area (Å²) in [7, 11) is 0. The van der Waals surface area contributed by atoms with Gasteiger partial charge in [-0.25, -0.2) is 0 Å². The van der Waals surface area contributed by atoms with Crippen LogP contribution in [0.15, 0.2) is 30.5 Å². The molecule has 112 valence electrons. The molecule has 1 aromatic heterocycles. The largest absolute Gasteiger partial charge is 0.457 e. The van der Waals surface area contributed by atoms with E-state index in [0.717, 1.165) is 22.8 Å². The number of hydrogen-bond donors (Lipinski definition) is 0. The molecule has 0 aliphatic rings. The number of aryl methyl sites for hydroxylation is 2. The average Bonchev–Trinajstić information content (AvgIpc) is 2.40. The highest BCUT2D eigenvalue weighted by Gasteiger charge is 2.20. The van der Waals surface area contributed by atoms with Gasteiger partial charge in [-0.1, -0.05) is 38.5 Å². The third-order valence-electron chi connectivity index (χ3n) is 3.39. The van der Waals surface area contributed by atoms with Gasteiger partial charge in [0, 0.05) is 29.1 Å². The van der Waals surface area contributed by atoms with Gasteiger partial charge in [-0.05, 0) is 25.3 Å². The maximum absolute atomic E-state index is 6.17. The molecular formula is C18H22ClNO. The molecule has 2 nitrogen and oxygen atoms in total. The Balaban J connectivity index is 2.47. The molecule has 1 heterocycles. The van der Waals surface area contributed by atoms with E-state index in [1.54, 1.807) is 6.20 Å². The first-order valence-electron chi connectivity index (χ1n) is 7.11. The Morgan fingerprint density at radius 2 is 1.81 bits per heavy atom. The van der Waals surface area contributed by atoms with E-state index in [4.69, 9.17) is 16.3 Å². The summed E-state index contributed by atoms with van der Waals surface area (Å²) in [5.74, 6) is 2.05. The van der Waals surface area contributed by atoms with Crippen LogP contribution in [0, 0.1) is 13.8 Å². The van der Waals surface area contributed by atoms with Crippen molar-refractivity contribution in [1.82, 2.24) is 4.98 Å². The number of rotatable bonds is 3. The van der Waals surface area contributed by atoms with Crippen LogP contribution >= 0.6 is 11.6 Å². The van der Waals surface area contributed by atoms with Crippen molar-refractivity contribution in [1.29, 1.82) is 0 Å². The molecule has 21 heavy (non-hydrogen) atoms. The van der Waals surface area contributed by atoms with E-state index in [2.05, 4.69) is 44.8 Å². The van der Waals surface area contributed by atoms with Crippen LogP contribution in [-0.4, -0.2) is 4.98 Å². The molecule has 3 heteroatoms. The van der Waals surface area contributed by atoms with E-state index >= 15 is 0 Å². The Hall–Kier alpha value is -1.54. The first-order chi connectivity index (χ1) is 9.81. The van der Waals surface area contributed by atoms with Gasteiger partial charge in [0.2, 0.25) is 0 Å². The fourth-order valence-electron chi connectivity index (χ4n) is 2.20. The lowest BCUT2D eigenvalue weighted by molar-refractivity contribution is 0.450. The summed E-state index contributed by atoms with van der Waals surface area (Å²) in [5, 5.41) is 0. The Kier molecular flexibility index (Phi) is 4.58. The molecule has 0 saturated heterocycles. The van der Waals surface area contributed by atoms with E-state index < -0.39 is 0 Å². The van der Waals surface area contributed by atoms with E-state index in [9.17, 15) is 0 Å². The van der Waals surface area contributed by atoms with Crippen molar-refractivity contribution >= 4 is 11.6 Å². The van der Waals surface area contributed by atoms with Crippen LogP contribution < -0.4 is 4.74 Å².